The van der Waals surface area contributed by atoms with Gasteiger partial charge in [-0.25, -0.2) is 0 Å². The van der Waals surface area contributed by atoms with Crippen molar-refractivity contribution in [2.75, 3.05) is 6.61 Å². The molecule has 88 valence electrons. The van der Waals surface area contributed by atoms with E-state index in [2.05, 4.69) is 13.0 Å². The Morgan fingerprint density at radius 1 is 1.25 bits per heavy atom. The SMILES string of the molecule is CCCC(=O)CCOc1ccc(C)cc1C. The highest BCUT2D eigenvalue weighted by Crippen LogP contribution is 2.18. The Balaban J connectivity index is 2.40. The van der Waals surface area contributed by atoms with Crippen LogP contribution in [0.3, 0.4) is 0 Å². The standard InChI is InChI=1S/C14H20O2/c1-4-5-13(15)8-9-16-14-7-6-11(2)10-12(14)3/h6-7,10H,4-5,8-9H2,1-3H3. The van der Waals surface area contributed by atoms with E-state index < -0.39 is 0 Å². The van der Waals surface area contributed by atoms with E-state index >= 15 is 0 Å². The van der Waals surface area contributed by atoms with Crippen LogP contribution >= 0.6 is 0 Å². The zero-order valence-corrected chi connectivity index (χ0v) is 10.4. The van der Waals surface area contributed by atoms with Crippen LogP contribution in [-0.2, 0) is 4.79 Å². The first-order valence-electron chi connectivity index (χ1n) is 5.85. The Hall–Kier alpha value is -1.31. The lowest BCUT2D eigenvalue weighted by Gasteiger charge is -2.09. The lowest BCUT2D eigenvalue weighted by atomic mass is 10.1. The number of rotatable bonds is 6. The fourth-order valence-electron chi connectivity index (χ4n) is 1.64. The summed E-state index contributed by atoms with van der Waals surface area (Å²) in [7, 11) is 0. The highest BCUT2D eigenvalue weighted by atomic mass is 16.5. The number of ether oxygens (including phenoxy) is 1. The average molecular weight is 220 g/mol. The van der Waals surface area contributed by atoms with Crippen LogP contribution in [-0.4, -0.2) is 12.4 Å². The van der Waals surface area contributed by atoms with Crippen molar-refractivity contribution < 1.29 is 9.53 Å². The summed E-state index contributed by atoms with van der Waals surface area (Å²) in [5, 5.41) is 0. The quantitative estimate of drug-likeness (QED) is 0.734. The molecule has 0 aromatic heterocycles. The third-order valence-electron chi connectivity index (χ3n) is 2.50. The minimum absolute atomic E-state index is 0.285. The molecule has 1 aromatic rings. The number of aryl methyl sites for hydroxylation is 2. The van der Waals surface area contributed by atoms with Crippen LogP contribution in [0.4, 0.5) is 0 Å². The van der Waals surface area contributed by atoms with Crippen LogP contribution in [0, 0.1) is 13.8 Å². The Morgan fingerprint density at radius 2 is 2.00 bits per heavy atom. The minimum atomic E-state index is 0.285. The summed E-state index contributed by atoms with van der Waals surface area (Å²) in [5.41, 5.74) is 2.36. The fraction of sp³-hybridized carbons (Fsp3) is 0.500. The van der Waals surface area contributed by atoms with Crippen molar-refractivity contribution >= 4 is 5.78 Å². The minimum Gasteiger partial charge on any atom is -0.493 e. The summed E-state index contributed by atoms with van der Waals surface area (Å²) in [5.74, 6) is 1.17. The van der Waals surface area contributed by atoms with E-state index in [0.29, 0.717) is 19.4 Å². The summed E-state index contributed by atoms with van der Waals surface area (Å²) in [6, 6.07) is 6.08. The van der Waals surface area contributed by atoms with Gasteiger partial charge in [0.15, 0.2) is 0 Å². The van der Waals surface area contributed by atoms with E-state index in [1.165, 1.54) is 5.56 Å². The van der Waals surface area contributed by atoms with Gasteiger partial charge in [-0.2, -0.15) is 0 Å². The van der Waals surface area contributed by atoms with Crippen molar-refractivity contribution in [1.29, 1.82) is 0 Å². The molecule has 0 N–H and O–H groups in total. The van der Waals surface area contributed by atoms with E-state index in [-0.39, 0.29) is 5.78 Å². The maximum atomic E-state index is 11.3. The normalized spacial score (nSPS) is 10.2. The first kappa shape index (κ1) is 12.8. The molecule has 2 nitrogen and oxygen atoms in total. The van der Waals surface area contributed by atoms with Gasteiger partial charge in [-0.3, -0.25) is 4.79 Å². The number of carbonyl (C=O) groups is 1. The van der Waals surface area contributed by atoms with E-state index in [1.54, 1.807) is 0 Å². The van der Waals surface area contributed by atoms with Gasteiger partial charge in [0.25, 0.3) is 0 Å². The molecule has 0 aliphatic heterocycles. The predicted molar refractivity (Wildman–Crippen MR) is 65.9 cm³/mol. The molecule has 0 unspecified atom stereocenters. The van der Waals surface area contributed by atoms with Crippen LogP contribution in [0.1, 0.15) is 37.3 Å². The second-order valence-corrected chi connectivity index (χ2v) is 4.16. The van der Waals surface area contributed by atoms with Crippen LogP contribution in [0.25, 0.3) is 0 Å². The molecule has 0 heterocycles. The molecule has 0 atom stereocenters. The maximum absolute atomic E-state index is 11.3. The Bertz CT molecular complexity index is 356. The first-order valence-corrected chi connectivity index (χ1v) is 5.85. The highest BCUT2D eigenvalue weighted by molar-refractivity contribution is 5.78. The molecular weight excluding hydrogens is 200 g/mol. The second-order valence-electron chi connectivity index (χ2n) is 4.16. The van der Waals surface area contributed by atoms with E-state index in [0.717, 1.165) is 17.7 Å². The van der Waals surface area contributed by atoms with Crippen molar-refractivity contribution in [3.8, 4) is 5.75 Å². The van der Waals surface area contributed by atoms with Gasteiger partial charge in [0.1, 0.15) is 11.5 Å². The molecule has 0 bridgehead atoms. The van der Waals surface area contributed by atoms with E-state index in [4.69, 9.17) is 4.74 Å². The monoisotopic (exact) mass is 220 g/mol. The van der Waals surface area contributed by atoms with Gasteiger partial charge in [-0.15, -0.1) is 0 Å². The van der Waals surface area contributed by atoms with Crippen molar-refractivity contribution in [3.63, 3.8) is 0 Å². The van der Waals surface area contributed by atoms with Crippen molar-refractivity contribution in [1.82, 2.24) is 0 Å². The predicted octanol–water partition coefficient (Wildman–Crippen LogP) is 3.44. The van der Waals surface area contributed by atoms with Gasteiger partial charge in [-0.1, -0.05) is 24.6 Å². The molecule has 0 aliphatic rings. The zero-order chi connectivity index (χ0) is 12.0. The first-order chi connectivity index (χ1) is 7.63. The van der Waals surface area contributed by atoms with Crippen LogP contribution in [0.15, 0.2) is 18.2 Å². The Labute approximate surface area is 97.6 Å². The van der Waals surface area contributed by atoms with Gasteiger partial charge < -0.3 is 4.74 Å². The summed E-state index contributed by atoms with van der Waals surface area (Å²) >= 11 is 0. The largest absolute Gasteiger partial charge is 0.493 e. The summed E-state index contributed by atoms with van der Waals surface area (Å²) in [6.45, 7) is 6.59. The Kier molecular flexibility index (Phi) is 5.03. The third-order valence-corrected chi connectivity index (χ3v) is 2.50. The lowest BCUT2D eigenvalue weighted by Crippen LogP contribution is -2.06. The van der Waals surface area contributed by atoms with Gasteiger partial charge in [0.05, 0.1) is 6.61 Å². The van der Waals surface area contributed by atoms with E-state index in [9.17, 15) is 4.79 Å². The third kappa shape index (κ3) is 4.05. The van der Waals surface area contributed by atoms with Crippen molar-refractivity contribution in [2.24, 2.45) is 0 Å². The lowest BCUT2D eigenvalue weighted by molar-refractivity contribution is -0.119. The highest BCUT2D eigenvalue weighted by Gasteiger charge is 2.02. The molecule has 0 saturated carbocycles. The Morgan fingerprint density at radius 3 is 2.62 bits per heavy atom. The smallest absolute Gasteiger partial charge is 0.136 e. The zero-order valence-electron chi connectivity index (χ0n) is 10.4. The number of hydrogen-bond acceptors (Lipinski definition) is 2. The topological polar surface area (TPSA) is 26.3 Å². The van der Waals surface area contributed by atoms with Crippen molar-refractivity contribution in [2.45, 2.75) is 40.0 Å². The molecule has 1 aromatic carbocycles. The number of carbonyl (C=O) groups excluding carboxylic acids is 1. The molecule has 1 rings (SSSR count). The number of ketones is 1. The maximum Gasteiger partial charge on any atom is 0.136 e. The molecule has 0 aliphatic carbocycles. The number of benzene rings is 1. The average Bonchev–Trinajstić information content (AvgIpc) is 2.22. The van der Waals surface area contributed by atoms with Gasteiger partial charge >= 0.3 is 0 Å². The summed E-state index contributed by atoms with van der Waals surface area (Å²) in [4.78, 5) is 11.3. The number of hydrogen-bond donors (Lipinski definition) is 0. The van der Waals surface area contributed by atoms with Gasteiger partial charge in [0.2, 0.25) is 0 Å². The molecule has 0 amide bonds. The number of Topliss-reactive ketones (excluding diaryl/α,β-unsaturated/α-hetero) is 1. The van der Waals surface area contributed by atoms with E-state index in [1.807, 2.05) is 26.0 Å². The molecule has 0 fully saturated rings. The summed E-state index contributed by atoms with van der Waals surface area (Å²) < 4.78 is 5.59. The van der Waals surface area contributed by atoms with Gasteiger partial charge in [-0.05, 0) is 31.9 Å². The molecule has 0 saturated heterocycles. The molecule has 2 heteroatoms. The second kappa shape index (κ2) is 6.31. The molecule has 16 heavy (non-hydrogen) atoms. The van der Waals surface area contributed by atoms with Crippen LogP contribution in [0.2, 0.25) is 0 Å². The van der Waals surface area contributed by atoms with Crippen LogP contribution < -0.4 is 4.74 Å². The molecule has 0 spiro atoms. The molecule has 0 radical (unpaired) electrons. The van der Waals surface area contributed by atoms with Crippen molar-refractivity contribution in [3.05, 3.63) is 29.3 Å². The fourth-order valence-corrected chi connectivity index (χ4v) is 1.64. The molecular formula is C14H20O2. The van der Waals surface area contributed by atoms with Gasteiger partial charge in [0, 0.05) is 12.8 Å². The summed E-state index contributed by atoms with van der Waals surface area (Å²) in [6.07, 6.45) is 2.10. The van der Waals surface area contributed by atoms with Crippen LogP contribution in [0.5, 0.6) is 5.75 Å².